The van der Waals surface area contributed by atoms with Crippen LogP contribution in [0.3, 0.4) is 0 Å². The molecule has 0 bridgehead atoms. The van der Waals surface area contributed by atoms with Crippen molar-refractivity contribution in [2.45, 2.75) is 38.3 Å². The maximum atomic E-state index is 12.6. The summed E-state index contributed by atoms with van der Waals surface area (Å²) in [7, 11) is 0. The zero-order valence-corrected chi connectivity index (χ0v) is 5.91. The maximum Gasteiger partial charge on any atom is 0.253 e. The second-order valence-corrected chi connectivity index (χ2v) is 2.94. The molecule has 0 aromatic heterocycles. The van der Waals surface area contributed by atoms with Crippen LogP contribution in [0.25, 0.3) is 0 Å². The number of hydrogen-bond donors (Lipinski definition) is 0. The number of alkyl halides is 3. The summed E-state index contributed by atoms with van der Waals surface area (Å²) in [6.45, 7) is 1.21. The lowest BCUT2D eigenvalue weighted by Crippen LogP contribution is -2.28. The highest BCUT2D eigenvalue weighted by atomic mass is 19.3. The summed E-state index contributed by atoms with van der Waals surface area (Å²) >= 11 is 0. The van der Waals surface area contributed by atoms with E-state index >= 15 is 0 Å². The van der Waals surface area contributed by atoms with Crippen molar-refractivity contribution in [1.82, 2.24) is 0 Å². The predicted octanol–water partition coefficient (Wildman–Crippen LogP) is 2.78. The van der Waals surface area contributed by atoms with E-state index in [1.54, 1.807) is 0 Å². The molecule has 10 heavy (non-hydrogen) atoms. The van der Waals surface area contributed by atoms with E-state index in [0.717, 1.165) is 0 Å². The van der Waals surface area contributed by atoms with Gasteiger partial charge in [0.1, 0.15) is 6.17 Å². The van der Waals surface area contributed by atoms with E-state index in [1.807, 2.05) is 0 Å². The fourth-order valence-electron chi connectivity index (χ4n) is 1.52. The van der Waals surface area contributed by atoms with E-state index in [2.05, 4.69) is 0 Å². The fraction of sp³-hybridized carbons (Fsp3) is 1.00. The Hall–Kier alpha value is -0.210. The zero-order valence-electron chi connectivity index (χ0n) is 5.91. The van der Waals surface area contributed by atoms with Crippen molar-refractivity contribution in [3.8, 4) is 0 Å². The summed E-state index contributed by atoms with van der Waals surface area (Å²) in [4.78, 5) is 0. The molecular weight excluding hydrogens is 141 g/mol. The molecule has 2 unspecified atom stereocenters. The molecule has 0 heterocycles. The van der Waals surface area contributed by atoms with Crippen molar-refractivity contribution < 1.29 is 13.2 Å². The first kappa shape index (κ1) is 7.89. The van der Waals surface area contributed by atoms with Gasteiger partial charge in [0.05, 0.1) is 5.92 Å². The first-order valence-electron chi connectivity index (χ1n) is 3.56. The van der Waals surface area contributed by atoms with Gasteiger partial charge < -0.3 is 0 Å². The second kappa shape index (κ2) is 2.44. The third-order valence-corrected chi connectivity index (χ3v) is 2.12. The average Bonchev–Trinajstić information content (AvgIpc) is 2.08. The van der Waals surface area contributed by atoms with E-state index in [0.29, 0.717) is 12.8 Å². The molecule has 60 valence electrons. The van der Waals surface area contributed by atoms with Gasteiger partial charge in [0.2, 0.25) is 0 Å². The number of halogens is 3. The molecule has 1 aliphatic rings. The van der Waals surface area contributed by atoms with E-state index in [9.17, 15) is 13.2 Å². The van der Waals surface area contributed by atoms with Gasteiger partial charge in [-0.15, -0.1) is 0 Å². The predicted molar refractivity (Wildman–Crippen MR) is 32.9 cm³/mol. The minimum absolute atomic E-state index is 0.133. The van der Waals surface area contributed by atoms with Crippen LogP contribution in [0.4, 0.5) is 13.2 Å². The molecular formula is C7H11F3. The molecule has 0 spiro atoms. The molecule has 0 aliphatic heterocycles. The molecule has 3 heteroatoms. The van der Waals surface area contributed by atoms with Crippen LogP contribution in [-0.4, -0.2) is 12.1 Å². The summed E-state index contributed by atoms with van der Waals surface area (Å²) in [5.41, 5.74) is 0. The molecule has 1 saturated carbocycles. The van der Waals surface area contributed by atoms with Gasteiger partial charge in [-0.1, -0.05) is 0 Å². The Kier molecular flexibility index (Phi) is 1.92. The van der Waals surface area contributed by atoms with Crippen LogP contribution >= 0.6 is 0 Å². The standard InChI is InChI=1S/C7H11F3/c1-5(8)6-3-2-4-7(6,9)10/h5-6H,2-4H2,1H3. The molecule has 1 aliphatic carbocycles. The Balaban J connectivity index is 2.59. The Morgan fingerprint density at radius 3 is 2.30 bits per heavy atom. The van der Waals surface area contributed by atoms with E-state index in [1.165, 1.54) is 6.92 Å². The van der Waals surface area contributed by atoms with Crippen LogP contribution < -0.4 is 0 Å². The molecule has 1 fully saturated rings. The molecule has 0 aromatic carbocycles. The monoisotopic (exact) mass is 152 g/mol. The third kappa shape index (κ3) is 1.27. The van der Waals surface area contributed by atoms with Crippen LogP contribution in [0.2, 0.25) is 0 Å². The van der Waals surface area contributed by atoms with Crippen LogP contribution in [0, 0.1) is 5.92 Å². The van der Waals surface area contributed by atoms with Gasteiger partial charge in [0.15, 0.2) is 0 Å². The average molecular weight is 152 g/mol. The highest BCUT2D eigenvalue weighted by molar-refractivity contribution is 4.87. The van der Waals surface area contributed by atoms with Crippen molar-refractivity contribution in [2.24, 2.45) is 5.92 Å². The van der Waals surface area contributed by atoms with Gasteiger partial charge in [-0.2, -0.15) is 0 Å². The molecule has 1 rings (SSSR count). The fourth-order valence-corrected chi connectivity index (χ4v) is 1.52. The highest BCUT2D eigenvalue weighted by Crippen LogP contribution is 2.42. The second-order valence-electron chi connectivity index (χ2n) is 2.94. The van der Waals surface area contributed by atoms with Crippen molar-refractivity contribution in [2.75, 3.05) is 0 Å². The molecule has 0 aromatic rings. The van der Waals surface area contributed by atoms with Crippen molar-refractivity contribution in [1.29, 1.82) is 0 Å². The topological polar surface area (TPSA) is 0 Å². The van der Waals surface area contributed by atoms with Gasteiger partial charge >= 0.3 is 0 Å². The van der Waals surface area contributed by atoms with Crippen LogP contribution in [0.5, 0.6) is 0 Å². The molecule has 0 N–H and O–H groups in total. The lowest BCUT2D eigenvalue weighted by Gasteiger charge is -2.19. The van der Waals surface area contributed by atoms with Crippen LogP contribution in [-0.2, 0) is 0 Å². The lowest BCUT2D eigenvalue weighted by molar-refractivity contribution is -0.0604. The third-order valence-electron chi connectivity index (χ3n) is 2.12. The Bertz CT molecular complexity index is 120. The molecule has 2 atom stereocenters. The normalized spacial score (nSPS) is 34.2. The highest BCUT2D eigenvalue weighted by Gasteiger charge is 2.46. The Labute approximate surface area is 58.4 Å². The van der Waals surface area contributed by atoms with Crippen molar-refractivity contribution in [3.05, 3.63) is 0 Å². The van der Waals surface area contributed by atoms with Gasteiger partial charge in [0.25, 0.3) is 5.92 Å². The first-order valence-corrected chi connectivity index (χ1v) is 3.56. The Morgan fingerprint density at radius 2 is 2.10 bits per heavy atom. The minimum atomic E-state index is -2.74. The summed E-state index contributed by atoms with van der Waals surface area (Å²) < 4.78 is 37.7. The largest absolute Gasteiger partial charge is 0.253 e. The Morgan fingerprint density at radius 1 is 1.50 bits per heavy atom. The van der Waals surface area contributed by atoms with Crippen LogP contribution in [0.1, 0.15) is 26.2 Å². The number of hydrogen-bond acceptors (Lipinski definition) is 0. The SMILES string of the molecule is CC(F)C1CCCC1(F)F. The van der Waals surface area contributed by atoms with Gasteiger partial charge in [-0.05, 0) is 19.8 Å². The lowest BCUT2D eigenvalue weighted by atomic mass is 10.0. The molecule has 0 nitrogen and oxygen atoms in total. The van der Waals surface area contributed by atoms with Crippen molar-refractivity contribution >= 4 is 0 Å². The maximum absolute atomic E-state index is 12.6. The zero-order chi connectivity index (χ0) is 7.78. The van der Waals surface area contributed by atoms with Crippen LogP contribution in [0.15, 0.2) is 0 Å². The van der Waals surface area contributed by atoms with Gasteiger partial charge in [-0.25, -0.2) is 13.2 Å². The minimum Gasteiger partial charge on any atom is -0.247 e. The molecule has 0 saturated heterocycles. The van der Waals surface area contributed by atoms with Gasteiger partial charge in [-0.3, -0.25) is 0 Å². The summed E-state index contributed by atoms with van der Waals surface area (Å²) in [5, 5.41) is 0. The van der Waals surface area contributed by atoms with E-state index < -0.39 is 18.0 Å². The summed E-state index contributed by atoms with van der Waals surface area (Å²) in [6.07, 6.45) is -0.694. The summed E-state index contributed by atoms with van der Waals surface area (Å²) in [5.74, 6) is -3.76. The first-order chi connectivity index (χ1) is 4.54. The van der Waals surface area contributed by atoms with E-state index in [4.69, 9.17) is 0 Å². The smallest absolute Gasteiger partial charge is 0.247 e. The van der Waals surface area contributed by atoms with Crippen molar-refractivity contribution in [3.63, 3.8) is 0 Å². The van der Waals surface area contributed by atoms with Gasteiger partial charge in [0, 0.05) is 6.42 Å². The quantitative estimate of drug-likeness (QED) is 0.542. The van der Waals surface area contributed by atoms with E-state index in [-0.39, 0.29) is 6.42 Å². The number of rotatable bonds is 1. The molecule has 0 radical (unpaired) electrons. The summed E-state index contributed by atoms with van der Waals surface area (Å²) in [6, 6.07) is 0. The molecule has 0 amide bonds.